The summed E-state index contributed by atoms with van der Waals surface area (Å²) in [5, 5.41) is 3.24. The van der Waals surface area contributed by atoms with Crippen LogP contribution in [0.5, 0.6) is 0 Å². The number of esters is 1. The average molecular weight is 285 g/mol. The number of anilines is 1. The lowest BCUT2D eigenvalue weighted by Gasteiger charge is -2.25. The van der Waals surface area contributed by atoms with E-state index >= 15 is 0 Å². The van der Waals surface area contributed by atoms with E-state index in [1.807, 2.05) is 18.2 Å². The molecule has 0 amide bonds. The summed E-state index contributed by atoms with van der Waals surface area (Å²) in [6, 6.07) is 12.0. The minimum Gasteiger partial charge on any atom is -0.463 e. The highest BCUT2D eigenvalue weighted by atomic mass is 16.5. The molecule has 1 aromatic carbocycles. The van der Waals surface area contributed by atoms with Crippen molar-refractivity contribution in [3.8, 4) is 0 Å². The van der Waals surface area contributed by atoms with Gasteiger partial charge in [-0.1, -0.05) is 44.2 Å². The Kier molecular flexibility index (Phi) is 4.52. The molecule has 0 aliphatic carbocycles. The Hall–Kier alpha value is -2.43. The quantitative estimate of drug-likeness (QED) is 0.856. The highest BCUT2D eigenvalue weighted by Crippen LogP contribution is 2.23. The number of hydrogen-bond acceptors (Lipinski definition) is 5. The fraction of sp³-hybridized carbons (Fsp3) is 0.312. The van der Waals surface area contributed by atoms with Crippen molar-refractivity contribution >= 4 is 11.8 Å². The van der Waals surface area contributed by atoms with Crippen LogP contribution in [0.1, 0.15) is 30.0 Å². The number of nitrogens with one attached hydrogen (secondary N) is 1. The summed E-state index contributed by atoms with van der Waals surface area (Å²) in [5.41, 5.74) is 1.18. The van der Waals surface area contributed by atoms with Gasteiger partial charge in [0.15, 0.2) is 0 Å². The Morgan fingerprint density at radius 2 is 1.95 bits per heavy atom. The van der Waals surface area contributed by atoms with Crippen LogP contribution in [0.3, 0.4) is 0 Å². The summed E-state index contributed by atoms with van der Waals surface area (Å²) in [5.74, 6) is 0.121. The molecule has 1 aromatic heterocycles. The summed E-state index contributed by atoms with van der Waals surface area (Å²) < 4.78 is 4.61. The number of carbonyl (C=O) groups excluding carboxylic acids is 1. The van der Waals surface area contributed by atoms with Crippen LogP contribution in [0.25, 0.3) is 0 Å². The van der Waals surface area contributed by atoms with Gasteiger partial charge in [0.05, 0.1) is 7.11 Å². The molecule has 2 aromatic rings. The molecule has 5 nitrogen and oxygen atoms in total. The molecule has 21 heavy (non-hydrogen) atoms. The highest BCUT2D eigenvalue weighted by Gasteiger charge is 2.20. The molecule has 0 bridgehead atoms. The van der Waals surface area contributed by atoms with Gasteiger partial charge in [-0.25, -0.2) is 14.8 Å². The second-order valence-corrected chi connectivity index (χ2v) is 5.36. The predicted molar refractivity (Wildman–Crippen MR) is 81.3 cm³/mol. The van der Waals surface area contributed by atoms with Gasteiger partial charge in [-0.2, -0.15) is 0 Å². The molecule has 0 spiro atoms. The molecule has 2 rings (SSSR count). The van der Waals surface area contributed by atoms with Crippen LogP contribution < -0.4 is 5.32 Å². The second kappa shape index (κ2) is 6.35. The van der Waals surface area contributed by atoms with Crippen molar-refractivity contribution in [3.63, 3.8) is 0 Å². The minimum absolute atomic E-state index is 0.0556. The van der Waals surface area contributed by atoms with Gasteiger partial charge in [0.1, 0.15) is 5.82 Å². The average Bonchev–Trinajstić information content (AvgIpc) is 2.53. The molecule has 0 atom stereocenters. The topological polar surface area (TPSA) is 64.1 Å². The lowest BCUT2D eigenvalue weighted by atomic mass is 9.85. The molecule has 0 saturated carbocycles. The predicted octanol–water partition coefficient (Wildman–Crippen LogP) is 2.65. The van der Waals surface area contributed by atoms with E-state index < -0.39 is 5.97 Å². The van der Waals surface area contributed by atoms with E-state index in [4.69, 9.17) is 0 Å². The van der Waals surface area contributed by atoms with Gasteiger partial charge in [0.25, 0.3) is 0 Å². The van der Waals surface area contributed by atoms with Crippen LogP contribution in [0.4, 0.5) is 5.82 Å². The van der Waals surface area contributed by atoms with Crippen LogP contribution in [0.15, 0.2) is 42.6 Å². The van der Waals surface area contributed by atoms with Crippen molar-refractivity contribution in [3.05, 3.63) is 54.0 Å². The largest absolute Gasteiger partial charge is 0.463 e. The van der Waals surface area contributed by atoms with Gasteiger partial charge < -0.3 is 10.1 Å². The van der Waals surface area contributed by atoms with Crippen LogP contribution in [-0.4, -0.2) is 29.6 Å². The summed E-state index contributed by atoms with van der Waals surface area (Å²) >= 11 is 0. The first-order chi connectivity index (χ1) is 10.0. The Balaban J connectivity index is 2.08. The standard InChI is InChI=1S/C16H19N3O2/c1-16(2,12-7-5-4-6-8-12)11-18-13-9-10-17-14(19-13)15(20)21-3/h4-10H,11H2,1-3H3,(H,17,18,19). The van der Waals surface area contributed by atoms with Gasteiger partial charge in [0, 0.05) is 18.2 Å². The molecular formula is C16H19N3O2. The summed E-state index contributed by atoms with van der Waals surface area (Å²) in [7, 11) is 1.31. The molecular weight excluding hydrogens is 266 g/mol. The van der Waals surface area contributed by atoms with Crippen molar-refractivity contribution in [2.24, 2.45) is 0 Å². The molecule has 5 heteroatoms. The number of nitrogens with zero attached hydrogens (tertiary/aromatic N) is 2. The third-order valence-electron chi connectivity index (χ3n) is 3.29. The maximum atomic E-state index is 11.4. The van der Waals surface area contributed by atoms with E-state index in [1.165, 1.54) is 18.9 Å². The third-order valence-corrected chi connectivity index (χ3v) is 3.29. The number of ether oxygens (including phenoxy) is 1. The van der Waals surface area contributed by atoms with Crippen LogP contribution in [0.2, 0.25) is 0 Å². The zero-order valence-electron chi connectivity index (χ0n) is 12.5. The molecule has 1 N–H and O–H groups in total. The molecule has 110 valence electrons. The number of rotatable bonds is 5. The first-order valence-electron chi connectivity index (χ1n) is 6.74. The Morgan fingerprint density at radius 1 is 1.24 bits per heavy atom. The number of benzene rings is 1. The van der Waals surface area contributed by atoms with Crippen molar-refractivity contribution < 1.29 is 9.53 Å². The third kappa shape index (κ3) is 3.78. The lowest BCUT2D eigenvalue weighted by Crippen LogP contribution is -2.28. The maximum Gasteiger partial charge on any atom is 0.376 e. The Morgan fingerprint density at radius 3 is 2.62 bits per heavy atom. The highest BCUT2D eigenvalue weighted by molar-refractivity contribution is 5.85. The van der Waals surface area contributed by atoms with E-state index in [2.05, 4.69) is 46.0 Å². The van der Waals surface area contributed by atoms with E-state index in [0.29, 0.717) is 12.4 Å². The fourth-order valence-electron chi connectivity index (χ4n) is 1.95. The summed E-state index contributed by atoms with van der Waals surface area (Å²) in [4.78, 5) is 19.4. The first kappa shape index (κ1) is 15.0. The number of carbonyl (C=O) groups is 1. The molecule has 0 fully saturated rings. The van der Waals surface area contributed by atoms with Gasteiger partial charge >= 0.3 is 5.97 Å². The Bertz CT molecular complexity index is 612. The minimum atomic E-state index is -0.541. The van der Waals surface area contributed by atoms with Crippen molar-refractivity contribution in [2.45, 2.75) is 19.3 Å². The van der Waals surface area contributed by atoms with E-state index in [1.54, 1.807) is 6.07 Å². The van der Waals surface area contributed by atoms with E-state index in [0.717, 1.165) is 0 Å². The van der Waals surface area contributed by atoms with Gasteiger partial charge in [-0.05, 0) is 11.6 Å². The first-order valence-corrected chi connectivity index (χ1v) is 6.74. The maximum absolute atomic E-state index is 11.4. The van der Waals surface area contributed by atoms with E-state index in [9.17, 15) is 4.79 Å². The smallest absolute Gasteiger partial charge is 0.376 e. The molecule has 0 aliphatic rings. The second-order valence-electron chi connectivity index (χ2n) is 5.36. The molecule has 0 radical (unpaired) electrons. The van der Waals surface area contributed by atoms with Gasteiger partial charge in [-0.15, -0.1) is 0 Å². The molecule has 0 saturated heterocycles. The zero-order valence-corrected chi connectivity index (χ0v) is 12.5. The van der Waals surface area contributed by atoms with Gasteiger partial charge in [-0.3, -0.25) is 0 Å². The van der Waals surface area contributed by atoms with Crippen LogP contribution in [-0.2, 0) is 10.2 Å². The SMILES string of the molecule is COC(=O)c1nccc(NCC(C)(C)c2ccccc2)n1. The normalized spacial score (nSPS) is 11.0. The number of aromatic nitrogens is 2. The number of hydrogen-bond donors (Lipinski definition) is 1. The van der Waals surface area contributed by atoms with Crippen LogP contribution >= 0.6 is 0 Å². The summed E-state index contributed by atoms with van der Waals surface area (Å²) in [6.45, 7) is 4.99. The zero-order chi connectivity index (χ0) is 15.3. The monoisotopic (exact) mass is 285 g/mol. The van der Waals surface area contributed by atoms with Crippen LogP contribution in [0, 0.1) is 0 Å². The van der Waals surface area contributed by atoms with Gasteiger partial charge in [0.2, 0.25) is 5.82 Å². The van der Waals surface area contributed by atoms with Crippen molar-refractivity contribution in [1.82, 2.24) is 9.97 Å². The fourth-order valence-corrected chi connectivity index (χ4v) is 1.95. The van der Waals surface area contributed by atoms with Crippen molar-refractivity contribution in [1.29, 1.82) is 0 Å². The Labute approximate surface area is 124 Å². The molecule has 1 heterocycles. The summed E-state index contributed by atoms with van der Waals surface area (Å²) in [6.07, 6.45) is 1.54. The van der Waals surface area contributed by atoms with E-state index in [-0.39, 0.29) is 11.2 Å². The van der Waals surface area contributed by atoms with Crippen molar-refractivity contribution in [2.75, 3.05) is 19.0 Å². The molecule has 0 aliphatic heterocycles. The lowest BCUT2D eigenvalue weighted by molar-refractivity contribution is 0.0587. The number of methoxy groups -OCH3 is 1. The molecule has 0 unspecified atom stereocenters.